The number of nitrogens with one attached hydrogen (secondary N) is 3. The van der Waals surface area contributed by atoms with Gasteiger partial charge in [-0.2, -0.15) is 0 Å². The van der Waals surface area contributed by atoms with E-state index in [4.69, 9.17) is 4.74 Å². The molecule has 54 heavy (non-hydrogen) atoms. The summed E-state index contributed by atoms with van der Waals surface area (Å²) < 4.78 is 62.9. The Balaban J connectivity index is 1.21. The van der Waals surface area contributed by atoms with E-state index >= 15 is 0 Å². The third kappa shape index (κ3) is 7.79. The van der Waals surface area contributed by atoms with Gasteiger partial charge in [0.05, 0.1) is 28.4 Å². The Morgan fingerprint density at radius 1 is 1.04 bits per heavy atom. The van der Waals surface area contributed by atoms with E-state index in [1.165, 1.54) is 41.3 Å². The zero-order chi connectivity index (χ0) is 38.2. The van der Waals surface area contributed by atoms with Crippen LogP contribution in [0.2, 0.25) is 0 Å². The zero-order valence-electron chi connectivity index (χ0n) is 29.7. The highest BCUT2D eigenvalue weighted by Gasteiger charge is 2.62. The summed E-state index contributed by atoms with van der Waals surface area (Å²) in [6.45, 7) is 1.71. The monoisotopic (exact) mass is 764 g/mol. The molecule has 4 amide bonds. The fraction of sp³-hybridized carbons (Fsp3) is 0.474. The van der Waals surface area contributed by atoms with E-state index in [0.29, 0.717) is 49.7 Å². The molecular weight excluding hydrogens is 723 g/mol. The summed E-state index contributed by atoms with van der Waals surface area (Å²) in [5.74, 6) is -4.59. The number of hydrogen-bond donors (Lipinski definition) is 3. The molecule has 0 radical (unpaired) electrons. The van der Waals surface area contributed by atoms with Crippen molar-refractivity contribution >= 4 is 44.7 Å². The topological polar surface area (TPSA) is 177 Å². The molecule has 2 aliphatic heterocycles. The first-order valence-corrected chi connectivity index (χ1v) is 20.0. The zero-order valence-corrected chi connectivity index (χ0v) is 30.5. The highest BCUT2D eigenvalue weighted by Crippen LogP contribution is 2.46. The normalized spacial score (nSPS) is 26.2. The molecule has 0 bridgehead atoms. The van der Waals surface area contributed by atoms with Gasteiger partial charge in [-0.05, 0) is 69.2 Å². The molecule has 7 rings (SSSR count). The van der Waals surface area contributed by atoms with Crippen molar-refractivity contribution in [2.24, 2.45) is 5.92 Å². The standard InChI is InChI=1S/C38H42F2N6O7S/c1-2-28-35(43-31-18-23(39)14-17-29(31)41-28)53-24-19-32-34(48)44-38(37(50)45-54(51,52)25-15-16-25)20-22(38)10-6-4-3-5-7-13-30(36(49)46(32)21-24)42-33(47)26-11-8-9-12-27(26)40/h6,8-12,14,17-18,22,24-25,30,32H,2-5,7,13,15-16,19-21H2,1H3,(H,42,47)(H,44,48)(H,45,50)/t22-,24-,30+,32+,38-/m1/s1. The van der Waals surface area contributed by atoms with Gasteiger partial charge < -0.3 is 20.3 Å². The van der Waals surface area contributed by atoms with Crippen LogP contribution in [0.5, 0.6) is 5.88 Å². The van der Waals surface area contributed by atoms with Crippen LogP contribution in [0.15, 0.2) is 54.6 Å². The first kappa shape index (κ1) is 37.3. The maximum Gasteiger partial charge on any atom is 0.259 e. The Morgan fingerprint density at radius 2 is 1.83 bits per heavy atom. The number of carbonyl (C=O) groups is 4. The second kappa shape index (κ2) is 15.0. The van der Waals surface area contributed by atoms with Crippen molar-refractivity contribution in [3.63, 3.8) is 0 Å². The second-order valence-corrected chi connectivity index (χ2v) is 16.4. The molecule has 16 heteroatoms. The maximum atomic E-state index is 14.6. The third-order valence-electron chi connectivity index (χ3n) is 10.5. The van der Waals surface area contributed by atoms with Crippen LogP contribution in [0.4, 0.5) is 8.78 Å². The molecule has 286 valence electrons. The lowest BCUT2D eigenvalue weighted by molar-refractivity contribution is -0.141. The van der Waals surface area contributed by atoms with Crippen LogP contribution < -0.4 is 20.1 Å². The minimum absolute atomic E-state index is 0.0594. The van der Waals surface area contributed by atoms with Crippen molar-refractivity contribution in [3.8, 4) is 5.88 Å². The quantitative estimate of drug-likeness (QED) is 0.289. The van der Waals surface area contributed by atoms with E-state index in [2.05, 4.69) is 25.3 Å². The fourth-order valence-corrected chi connectivity index (χ4v) is 8.62. The van der Waals surface area contributed by atoms with Gasteiger partial charge in [0.2, 0.25) is 27.7 Å². The molecule has 1 saturated heterocycles. The van der Waals surface area contributed by atoms with Crippen molar-refractivity contribution < 1.29 is 41.1 Å². The number of rotatable bonds is 8. The van der Waals surface area contributed by atoms with Gasteiger partial charge in [-0.15, -0.1) is 0 Å². The first-order valence-electron chi connectivity index (χ1n) is 18.4. The van der Waals surface area contributed by atoms with Gasteiger partial charge in [-0.1, -0.05) is 44.1 Å². The van der Waals surface area contributed by atoms with Gasteiger partial charge >= 0.3 is 0 Å². The van der Waals surface area contributed by atoms with Crippen molar-refractivity contribution in [3.05, 3.63) is 77.5 Å². The molecule has 5 atom stereocenters. The predicted octanol–water partition coefficient (Wildman–Crippen LogP) is 3.62. The van der Waals surface area contributed by atoms with Gasteiger partial charge in [-0.25, -0.2) is 27.2 Å². The minimum atomic E-state index is -3.93. The lowest BCUT2D eigenvalue weighted by Crippen LogP contribution is -2.58. The average Bonchev–Trinajstić information content (AvgIpc) is 4.07. The minimum Gasteiger partial charge on any atom is -0.471 e. The number of ether oxygens (including phenoxy) is 1. The van der Waals surface area contributed by atoms with E-state index in [9.17, 15) is 36.4 Å². The summed E-state index contributed by atoms with van der Waals surface area (Å²) in [5, 5.41) is 4.84. The van der Waals surface area contributed by atoms with Crippen molar-refractivity contribution in [1.29, 1.82) is 0 Å². The Bertz CT molecular complexity index is 2130. The summed E-state index contributed by atoms with van der Waals surface area (Å²) in [5.41, 5.74) is -0.616. The summed E-state index contributed by atoms with van der Waals surface area (Å²) in [6.07, 6.45) is 7.07. The number of aryl methyl sites for hydroxylation is 1. The number of sulfonamides is 1. The molecule has 2 aromatic carbocycles. The van der Waals surface area contributed by atoms with Crippen LogP contribution in [0.1, 0.15) is 80.8 Å². The third-order valence-corrected chi connectivity index (χ3v) is 12.4. The van der Waals surface area contributed by atoms with Crippen LogP contribution in [0.25, 0.3) is 11.0 Å². The molecule has 3 heterocycles. The molecule has 13 nitrogen and oxygen atoms in total. The number of halogens is 2. The summed E-state index contributed by atoms with van der Waals surface area (Å²) in [7, 11) is -3.93. The predicted molar refractivity (Wildman–Crippen MR) is 192 cm³/mol. The highest BCUT2D eigenvalue weighted by molar-refractivity contribution is 7.91. The number of nitrogens with zero attached hydrogens (tertiary/aromatic N) is 3. The van der Waals surface area contributed by atoms with E-state index < -0.39 is 80.2 Å². The summed E-state index contributed by atoms with van der Waals surface area (Å²) >= 11 is 0. The molecule has 0 unspecified atom stereocenters. The van der Waals surface area contributed by atoms with E-state index in [-0.39, 0.29) is 42.8 Å². The Kier molecular flexibility index (Phi) is 10.4. The Morgan fingerprint density at radius 3 is 2.59 bits per heavy atom. The lowest BCUT2D eigenvalue weighted by Gasteiger charge is -2.30. The number of fused-ring (bicyclic) bond motifs is 3. The molecule has 0 spiro atoms. The van der Waals surface area contributed by atoms with Crippen LogP contribution in [-0.4, -0.2) is 82.4 Å². The smallest absolute Gasteiger partial charge is 0.259 e. The maximum absolute atomic E-state index is 14.6. The van der Waals surface area contributed by atoms with E-state index in [1.54, 1.807) is 0 Å². The molecule has 2 aliphatic carbocycles. The lowest BCUT2D eigenvalue weighted by atomic mass is 10.0. The molecule has 1 aromatic heterocycles. The largest absolute Gasteiger partial charge is 0.471 e. The molecule has 2 saturated carbocycles. The van der Waals surface area contributed by atoms with Crippen LogP contribution in [0.3, 0.4) is 0 Å². The second-order valence-electron chi connectivity index (χ2n) is 14.5. The van der Waals surface area contributed by atoms with Crippen LogP contribution >= 0.6 is 0 Å². The summed E-state index contributed by atoms with van der Waals surface area (Å²) in [6, 6.07) is 7.06. The van der Waals surface area contributed by atoms with Gasteiger partial charge in [0.1, 0.15) is 41.1 Å². The molecule has 4 aliphatic rings. The van der Waals surface area contributed by atoms with Gasteiger partial charge in [0, 0.05) is 18.4 Å². The van der Waals surface area contributed by atoms with E-state index in [0.717, 1.165) is 12.5 Å². The first-order chi connectivity index (χ1) is 25.9. The molecule has 3 fully saturated rings. The Hall–Kier alpha value is -4.99. The van der Waals surface area contributed by atoms with Crippen molar-refractivity contribution in [2.75, 3.05) is 6.54 Å². The number of carbonyl (C=O) groups excluding carboxylic acids is 4. The van der Waals surface area contributed by atoms with Gasteiger partial charge in [0.15, 0.2) is 0 Å². The van der Waals surface area contributed by atoms with E-state index in [1.807, 2.05) is 19.1 Å². The molecule has 3 aromatic rings. The number of aromatic nitrogens is 2. The average molecular weight is 765 g/mol. The Labute approximate surface area is 311 Å². The number of allylic oxidation sites excluding steroid dienone is 1. The SMILES string of the molecule is CCc1nc2ccc(F)cc2nc1O[C@@H]1C[C@H]2C(=O)N[C@]3(C(=O)NS(=O)(=O)C4CC4)C[C@H]3C=CCCCCC[C@H](NC(=O)c3ccccc3F)C(=O)N2C1. The van der Waals surface area contributed by atoms with Gasteiger partial charge in [-0.3, -0.25) is 23.9 Å². The molecule has 3 N–H and O–H groups in total. The number of amides is 4. The number of hydrogen-bond acceptors (Lipinski definition) is 9. The fourth-order valence-electron chi connectivity index (χ4n) is 7.26. The van der Waals surface area contributed by atoms with Crippen molar-refractivity contribution in [2.45, 2.75) is 100 Å². The summed E-state index contributed by atoms with van der Waals surface area (Å²) in [4.78, 5) is 66.2. The van der Waals surface area contributed by atoms with Crippen LogP contribution in [-0.2, 0) is 30.8 Å². The molecular formula is C38H42F2N6O7S. The van der Waals surface area contributed by atoms with Gasteiger partial charge in [0.25, 0.3) is 11.8 Å². The van der Waals surface area contributed by atoms with Crippen LogP contribution in [0, 0.1) is 17.6 Å². The number of benzene rings is 2. The van der Waals surface area contributed by atoms with Crippen molar-refractivity contribution in [1.82, 2.24) is 30.2 Å². The highest BCUT2D eigenvalue weighted by atomic mass is 32.2.